The second-order valence-corrected chi connectivity index (χ2v) is 4.89. The van der Waals surface area contributed by atoms with Gasteiger partial charge in [0.05, 0.1) is 16.7 Å². The van der Waals surface area contributed by atoms with Crippen LogP contribution in [0.15, 0.2) is 53.6 Å². The van der Waals surface area contributed by atoms with Crippen molar-refractivity contribution in [3.8, 4) is 17.0 Å². The molecule has 6 nitrogen and oxygen atoms in total. The number of aromatic amines is 1. The van der Waals surface area contributed by atoms with Crippen LogP contribution in [0.2, 0.25) is 5.02 Å². The number of methoxy groups -OCH3 is 1. The molecule has 0 aromatic carbocycles. The number of hydrogen-bond donors (Lipinski definition) is 0. The summed E-state index contributed by atoms with van der Waals surface area (Å²) in [6.07, 6.45) is 1.59. The minimum absolute atomic E-state index is 0. The predicted octanol–water partition coefficient (Wildman–Crippen LogP) is -0.417. The Morgan fingerprint density at radius 1 is 1.29 bits per heavy atom. The van der Waals surface area contributed by atoms with Crippen molar-refractivity contribution in [2.24, 2.45) is 0 Å². The van der Waals surface area contributed by atoms with E-state index in [1.54, 1.807) is 42.6 Å². The van der Waals surface area contributed by atoms with Gasteiger partial charge >= 0.3 is 6.16 Å². The number of aromatic nitrogens is 2. The first-order chi connectivity index (χ1) is 12.3. The average Bonchev–Trinajstić information content (AvgIpc) is 2.59. The van der Waals surface area contributed by atoms with Crippen LogP contribution in [0.4, 0.5) is 4.79 Å². The first-order valence-corrected chi connectivity index (χ1v) is 6.86. The summed E-state index contributed by atoms with van der Waals surface area (Å²) >= 11 is 6.34. The fourth-order valence-corrected chi connectivity index (χ4v) is 2.52. The third-order valence-corrected chi connectivity index (χ3v) is 3.56. The van der Waals surface area contributed by atoms with E-state index in [1.165, 1.54) is 10.6 Å². The highest BCUT2D eigenvalue weighted by atomic mass is 35.5. The van der Waals surface area contributed by atoms with Gasteiger partial charge in [-0.15, -0.1) is 0 Å². The smallest absolute Gasteiger partial charge is 0.513 e. The molecule has 0 fully saturated rings. The molecule has 0 radical (unpaired) electrons. The van der Waals surface area contributed by atoms with Gasteiger partial charge in [-0.3, -0.25) is 9.20 Å². The molecule has 0 unspecified atom stereocenters. The Kier molecular flexibility index (Phi) is 4.23. The Hall–Kier alpha value is -2.57. The summed E-state index contributed by atoms with van der Waals surface area (Å²) in [5, 5.41) is -0.0417. The predicted molar refractivity (Wildman–Crippen MR) is 83.7 cm³/mol. The Balaban J connectivity index is 0.00000261. The Morgan fingerprint density at radius 3 is 2.79 bits per heavy atom. The first kappa shape index (κ1) is 13.8. The normalized spacial score (nSPS) is 12.5. The summed E-state index contributed by atoms with van der Waals surface area (Å²) in [6, 6.07) is 9.82. The number of carbonyl (C=O) groups excluding carboxylic acids is 1. The maximum Gasteiger partial charge on any atom is 0.513 e. The molecule has 24 heavy (non-hydrogen) atoms. The van der Waals surface area contributed by atoms with Crippen LogP contribution in [-0.4, -0.2) is 17.6 Å². The molecule has 0 saturated carbocycles. The number of fused-ring (bicyclic) bond motifs is 1. The molecule has 1 N–H and O–H groups in total. The molecule has 0 atom stereocenters. The van der Waals surface area contributed by atoms with Gasteiger partial charge in [0.1, 0.15) is 5.02 Å². The van der Waals surface area contributed by atoms with Crippen molar-refractivity contribution >= 4 is 23.3 Å². The maximum absolute atomic E-state index is 12.9. The van der Waals surface area contributed by atoms with E-state index in [0.717, 1.165) is 0 Å². The van der Waals surface area contributed by atoms with Gasteiger partial charge in [0, 0.05) is 18.3 Å². The van der Waals surface area contributed by atoms with Gasteiger partial charge in [0.2, 0.25) is 5.69 Å². The lowest BCUT2D eigenvalue weighted by Gasteiger charge is -2.11. The van der Waals surface area contributed by atoms with Gasteiger partial charge in [-0.2, -0.15) is 0 Å². The monoisotopic (exact) mass is 369 g/mol. The van der Waals surface area contributed by atoms with Gasteiger partial charge in [-0.25, -0.2) is 9.78 Å². The molecule has 3 heterocycles. The molecule has 124 valence electrons. The van der Waals surface area contributed by atoms with E-state index in [1.807, 2.05) is 0 Å². The Labute approximate surface area is 152 Å². The second-order valence-electron chi connectivity index (χ2n) is 4.51. The molecule has 0 aliphatic rings. The highest BCUT2D eigenvalue weighted by Gasteiger charge is 2.25. The quantitative estimate of drug-likeness (QED) is 0.575. The second kappa shape index (κ2) is 7.33. The van der Waals surface area contributed by atoms with Gasteiger partial charge in [-0.05, 0) is 18.2 Å². The van der Waals surface area contributed by atoms with Crippen LogP contribution in [0.5, 0.6) is 5.75 Å². The summed E-state index contributed by atoms with van der Waals surface area (Å²) in [5.74, 6) is -0.292. The molecule has 0 aliphatic heterocycles. The highest BCUT2D eigenvalue weighted by Crippen LogP contribution is 2.35. The third kappa shape index (κ3) is 3.06. The van der Waals surface area contributed by atoms with E-state index in [-0.39, 0.29) is 34.3 Å². The fourth-order valence-electron chi connectivity index (χ4n) is 2.23. The number of H-pyrrole nitrogens is 1. The molecule has 3 rings (SSSR count). The van der Waals surface area contributed by atoms with Crippen LogP contribution >= 0.6 is 11.6 Å². The minimum atomic E-state index is -2.99. The molecule has 0 spiro atoms. The third-order valence-electron chi connectivity index (χ3n) is 3.19. The molecule has 0 saturated heterocycles. The lowest BCUT2D eigenvalue weighted by atomic mass is 10.1. The van der Waals surface area contributed by atoms with Crippen LogP contribution < -0.4 is 27.7 Å². The molecule has 3 aromatic rings. The number of halogens is 2. The van der Waals surface area contributed by atoms with Crippen LogP contribution in [0.25, 0.3) is 16.8 Å². The van der Waals surface area contributed by atoms with Crippen molar-refractivity contribution in [1.29, 1.82) is 0 Å². The van der Waals surface area contributed by atoms with E-state index in [9.17, 15) is 9.59 Å². The first-order valence-electron chi connectivity index (χ1n) is 7.99. The SMILES string of the molecule is [2H]C([2H])([2H])OC(=O)Oc1c(-c2cccc[nH+]2)c(=O)n2ccccc2c1Cl.[Cl-]. The van der Waals surface area contributed by atoms with Gasteiger partial charge in [0.15, 0.2) is 17.5 Å². The van der Waals surface area contributed by atoms with Crippen molar-refractivity contribution < 1.29 is 35.8 Å². The summed E-state index contributed by atoms with van der Waals surface area (Å²) in [7, 11) is -2.99. The highest BCUT2D eigenvalue weighted by molar-refractivity contribution is 6.36. The Morgan fingerprint density at radius 2 is 2.08 bits per heavy atom. The molecule has 0 amide bonds. The van der Waals surface area contributed by atoms with E-state index in [4.69, 9.17) is 20.5 Å². The molecule has 3 aromatic heterocycles. The Bertz CT molecular complexity index is 1040. The number of rotatable bonds is 2. The molecule has 8 heteroatoms. The molecular formula is C16H12Cl2N2O4. The minimum Gasteiger partial charge on any atom is -1.00 e. The van der Waals surface area contributed by atoms with Crippen molar-refractivity contribution in [1.82, 2.24) is 4.40 Å². The van der Waals surface area contributed by atoms with Crippen LogP contribution in [0.1, 0.15) is 4.11 Å². The number of ether oxygens (including phenoxy) is 2. The average molecular weight is 370 g/mol. The van der Waals surface area contributed by atoms with Crippen LogP contribution in [0, 0.1) is 0 Å². The number of hydrogen-bond acceptors (Lipinski definition) is 4. The molecule has 0 aliphatic carbocycles. The van der Waals surface area contributed by atoms with Crippen molar-refractivity contribution in [2.45, 2.75) is 0 Å². The van der Waals surface area contributed by atoms with Crippen LogP contribution in [-0.2, 0) is 4.74 Å². The van der Waals surface area contributed by atoms with E-state index in [2.05, 4.69) is 9.72 Å². The number of nitrogens with zero attached hydrogens (tertiary/aromatic N) is 1. The van der Waals surface area contributed by atoms with Crippen molar-refractivity contribution in [3.05, 3.63) is 64.2 Å². The standard InChI is InChI=1S/C16H11ClN2O4.ClH/c1-22-16(21)23-14-12(10-6-2-4-8-18-10)15(20)19-9-5-3-7-11(19)13(14)17;/h2-9H,1H3;1H/i1D3;. The van der Waals surface area contributed by atoms with Crippen molar-refractivity contribution in [3.63, 3.8) is 0 Å². The summed E-state index contributed by atoms with van der Waals surface area (Å²) in [5.41, 5.74) is 0.0655. The summed E-state index contributed by atoms with van der Waals surface area (Å²) in [6.45, 7) is 0. The van der Waals surface area contributed by atoms with Gasteiger partial charge in [0.25, 0.3) is 5.56 Å². The summed E-state index contributed by atoms with van der Waals surface area (Å²) < 4.78 is 31.4. The zero-order valence-electron chi connectivity index (χ0n) is 15.0. The van der Waals surface area contributed by atoms with Crippen LogP contribution in [0.3, 0.4) is 0 Å². The van der Waals surface area contributed by atoms with E-state index >= 15 is 0 Å². The topological polar surface area (TPSA) is 71.2 Å². The van der Waals surface area contributed by atoms with Gasteiger partial charge in [-0.1, -0.05) is 17.7 Å². The van der Waals surface area contributed by atoms with E-state index < -0.39 is 18.8 Å². The lowest BCUT2D eigenvalue weighted by molar-refractivity contribution is -0.364. The number of nitrogens with one attached hydrogen (secondary N) is 1. The number of pyridine rings is 3. The maximum atomic E-state index is 12.9. The molecular weight excluding hydrogens is 355 g/mol. The van der Waals surface area contributed by atoms with Crippen molar-refractivity contribution in [2.75, 3.05) is 7.04 Å². The molecule has 0 bridgehead atoms. The van der Waals surface area contributed by atoms with E-state index in [0.29, 0.717) is 5.69 Å². The zero-order valence-corrected chi connectivity index (χ0v) is 13.5. The lowest BCUT2D eigenvalue weighted by Crippen LogP contribution is -3.00. The van der Waals surface area contributed by atoms with Gasteiger partial charge < -0.3 is 21.9 Å². The largest absolute Gasteiger partial charge is 1.00 e. The fraction of sp³-hybridized carbons (Fsp3) is 0.0625. The summed E-state index contributed by atoms with van der Waals surface area (Å²) in [4.78, 5) is 27.6. The zero-order chi connectivity index (χ0) is 18.9. The number of carbonyl (C=O) groups is 1.